The van der Waals surface area contributed by atoms with Gasteiger partial charge in [0.25, 0.3) is 0 Å². The minimum Gasteiger partial charge on any atom is -0.398 e. The molecule has 2 rings (SSSR count). The number of carbonyl (C=O) groups excluding carboxylic acids is 1. The topological polar surface area (TPSA) is 98.5 Å². The summed E-state index contributed by atoms with van der Waals surface area (Å²) in [5.74, 6) is -1.10. The highest BCUT2D eigenvalue weighted by Gasteiger charge is 2.36. The predicted molar refractivity (Wildman–Crippen MR) is 81.8 cm³/mol. The summed E-state index contributed by atoms with van der Waals surface area (Å²) in [6.45, 7) is 3.91. The zero-order chi connectivity index (χ0) is 15.6. The van der Waals surface area contributed by atoms with Crippen LogP contribution in [0, 0.1) is 6.92 Å². The lowest BCUT2D eigenvalue weighted by Crippen LogP contribution is -2.34. The molecule has 1 heterocycles. The number of ether oxygens (including phenoxy) is 1. The number of hydrogen-bond donors (Lipinski definition) is 2. The molecule has 1 saturated heterocycles. The Morgan fingerprint density at radius 2 is 2.19 bits per heavy atom. The largest absolute Gasteiger partial charge is 0.398 e. The van der Waals surface area contributed by atoms with E-state index in [0.717, 1.165) is 5.56 Å². The van der Waals surface area contributed by atoms with Crippen LogP contribution in [-0.2, 0) is 19.4 Å². The summed E-state index contributed by atoms with van der Waals surface area (Å²) in [6.07, 6.45) is 0.0746. The van der Waals surface area contributed by atoms with Crippen LogP contribution < -0.4 is 11.1 Å². The molecule has 0 aliphatic carbocycles. The maximum atomic E-state index is 12.2. The number of sulfone groups is 1. The Morgan fingerprint density at radius 1 is 1.48 bits per heavy atom. The number of amides is 1. The molecule has 7 heteroatoms. The first-order valence-corrected chi connectivity index (χ1v) is 8.51. The van der Waals surface area contributed by atoms with Crippen LogP contribution in [0.25, 0.3) is 0 Å². The second kappa shape index (κ2) is 6.03. The van der Waals surface area contributed by atoms with Gasteiger partial charge < -0.3 is 15.8 Å². The molecule has 1 amide bonds. The van der Waals surface area contributed by atoms with Crippen molar-refractivity contribution in [3.63, 3.8) is 0 Å². The molecule has 0 bridgehead atoms. The molecule has 0 radical (unpaired) electrons. The van der Waals surface area contributed by atoms with Crippen LogP contribution in [0.2, 0.25) is 0 Å². The first-order valence-electron chi connectivity index (χ1n) is 6.79. The van der Waals surface area contributed by atoms with E-state index < -0.39 is 26.7 Å². The van der Waals surface area contributed by atoms with Crippen LogP contribution in [0.1, 0.15) is 18.9 Å². The van der Waals surface area contributed by atoms with Crippen molar-refractivity contribution >= 4 is 27.1 Å². The average molecular weight is 312 g/mol. The molecule has 0 saturated carbocycles. The standard InChI is InChI=1S/C14H20N2O4S/c1-9-11(15)4-3-5-12(9)16-14(17)8-21(18,19)13-6-7-20-10(13)2/h3-5,10,13H,6-8,15H2,1-2H3,(H,16,17). The Balaban J connectivity index is 2.06. The van der Waals surface area contributed by atoms with E-state index in [2.05, 4.69) is 5.32 Å². The Bertz CT molecular complexity index is 642. The van der Waals surface area contributed by atoms with E-state index in [0.29, 0.717) is 24.4 Å². The Labute approximate surface area is 124 Å². The Hall–Kier alpha value is -1.60. The summed E-state index contributed by atoms with van der Waals surface area (Å²) < 4.78 is 29.7. The normalized spacial score (nSPS) is 22.2. The number of hydrogen-bond acceptors (Lipinski definition) is 5. The molecule has 21 heavy (non-hydrogen) atoms. The van der Waals surface area contributed by atoms with E-state index in [1.807, 2.05) is 0 Å². The predicted octanol–water partition coefficient (Wildman–Crippen LogP) is 1.11. The molecule has 1 aliphatic heterocycles. The highest BCUT2D eigenvalue weighted by Crippen LogP contribution is 2.23. The molecule has 6 nitrogen and oxygen atoms in total. The van der Waals surface area contributed by atoms with E-state index in [1.165, 1.54) is 0 Å². The SMILES string of the molecule is Cc1c(N)cccc1NC(=O)CS(=O)(=O)C1CCOC1C. The van der Waals surface area contributed by atoms with Crippen molar-refractivity contribution in [1.29, 1.82) is 0 Å². The van der Waals surface area contributed by atoms with Crippen molar-refractivity contribution in [3.05, 3.63) is 23.8 Å². The van der Waals surface area contributed by atoms with E-state index >= 15 is 0 Å². The van der Waals surface area contributed by atoms with Gasteiger partial charge in [0.15, 0.2) is 9.84 Å². The summed E-state index contributed by atoms with van der Waals surface area (Å²) in [4.78, 5) is 12.0. The molecule has 1 fully saturated rings. The van der Waals surface area contributed by atoms with Gasteiger partial charge >= 0.3 is 0 Å². The van der Waals surface area contributed by atoms with E-state index in [4.69, 9.17) is 10.5 Å². The van der Waals surface area contributed by atoms with Crippen molar-refractivity contribution in [2.45, 2.75) is 31.6 Å². The van der Waals surface area contributed by atoms with Gasteiger partial charge in [0.2, 0.25) is 5.91 Å². The van der Waals surface area contributed by atoms with Gasteiger partial charge in [-0.25, -0.2) is 8.42 Å². The van der Waals surface area contributed by atoms with Gasteiger partial charge in [-0.15, -0.1) is 0 Å². The first kappa shape index (κ1) is 15.8. The fourth-order valence-corrected chi connectivity index (χ4v) is 4.22. The molecule has 0 aromatic heterocycles. The van der Waals surface area contributed by atoms with Gasteiger partial charge in [0, 0.05) is 18.0 Å². The molecule has 0 spiro atoms. The molecule has 1 aromatic rings. The van der Waals surface area contributed by atoms with Crippen molar-refractivity contribution in [2.75, 3.05) is 23.4 Å². The van der Waals surface area contributed by atoms with Crippen molar-refractivity contribution in [1.82, 2.24) is 0 Å². The van der Waals surface area contributed by atoms with Gasteiger partial charge in [-0.05, 0) is 38.0 Å². The minimum absolute atomic E-state index is 0.364. The summed E-state index contributed by atoms with van der Waals surface area (Å²) in [6, 6.07) is 5.12. The van der Waals surface area contributed by atoms with Gasteiger partial charge in [0.1, 0.15) is 5.75 Å². The highest BCUT2D eigenvalue weighted by atomic mass is 32.2. The van der Waals surface area contributed by atoms with Gasteiger partial charge in [0.05, 0.1) is 11.4 Å². The quantitative estimate of drug-likeness (QED) is 0.811. The second-order valence-electron chi connectivity index (χ2n) is 5.28. The van der Waals surface area contributed by atoms with Crippen molar-refractivity contribution < 1.29 is 17.9 Å². The summed E-state index contributed by atoms with van der Waals surface area (Å²) in [5, 5.41) is 2.00. The first-order chi connectivity index (χ1) is 9.81. The third-order valence-corrected chi connectivity index (χ3v) is 5.96. The Kier molecular flexibility index (Phi) is 4.53. The minimum atomic E-state index is -3.52. The highest BCUT2D eigenvalue weighted by molar-refractivity contribution is 7.92. The number of nitrogen functional groups attached to an aromatic ring is 1. The zero-order valence-corrected chi connectivity index (χ0v) is 12.9. The number of benzene rings is 1. The van der Waals surface area contributed by atoms with E-state index in [-0.39, 0.29) is 6.10 Å². The summed E-state index contributed by atoms with van der Waals surface area (Å²) in [7, 11) is -3.52. The van der Waals surface area contributed by atoms with Gasteiger partial charge in [-0.1, -0.05) is 6.07 Å². The molecule has 1 aliphatic rings. The van der Waals surface area contributed by atoms with Crippen LogP contribution >= 0.6 is 0 Å². The van der Waals surface area contributed by atoms with Crippen LogP contribution in [0.15, 0.2) is 18.2 Å². The van der Waals surface area contributed by atoms with Crippen LogP contribution in [-0.4, -0.2) is 38.0 Å². The van der Waals surface area contributed by atoms with Crippen molar-refractivity contribution in [3.8, 4) is 0 Å². The molecular formula is C14H20N2O4S. The number of anilines is 2. The fraction of sp³-hybridized carbons (Fsp3) is 0.500. The lowest BCUT2D eigenvalue weighted by molar-refractivity contribution is -0.113. The monoisotopic (exact) mass is 312 g/mol. The number of rotatable bonds is 4. The number of nitrogens with one attached hydrogen (secondary N) is 1. The van der Waals surface area contributed by atoms with Crippen LogP contribution in [0.3, 0.4) is 0 Å². The molecular weight excluding hydrogens is 292 g/mol. The smallest absolute Gasteiger partial charge is 0.239 e. The van der Waals surface area contributed by atoms with E-state index in [1.54, 1.807) is 32.0 Å². The summed E-state index contributed by atoms with van der Waals surface area (Å²) >= 11 is 0. The van der Waals surface area contributed by atoms with Gasteiger partial charge in [-0.3, -0.25) is 4.79 Å². The third kappa shape index (κ3) is 3.54. The van der Waals surface area contributed by atoms with Crippen LogP contribution in [0.5, 0.6) is 0 Å². The molecule has 2 atom stereocenters. The number of nitrogens with two attached hydrogens (primary N) is 1. The van der Waals surface area contributed by atoms with Gasteiger partial charge in [-0.2, -0.15) is 0 Å². The lowest BCUT2D eigenvalue weighted by atomic mass is 10.1. The molecule has 1 aromatic carbocycles. The third-order valence-electron chi connectivity index (χ3n) is 3.75. The fourth-order valence-electron chi connectivity index (χ4n) is 2.45. The molecule has 3 N–H and O–H groups in total. The second-order valence-corrected chi connectivity index (χ2v) is 7.50. The number of carbonyl (C=O) groups is 1. The van der Waals surface area contributed by atoms with Crippen molar-refractivity contribution in [2.24, 2.45) is 0 Å². The average Bonchev–Trinajstić information content (AvgIpc) is 2.81. The maximum absolute atomic E-state index is 12.2. The Morgan fingerprint density at radius 3 is 2.81 bits per heavy atom. The maximum Gasteiger partial charge on any atom is 0.239 e. The molecule has 2 unspecified atom stereocenters. The summed E-state index contributed by atoms with van der Waals surface area (Å²) in [5.41, 5.74) is 7.56. The zero-order valence-electron chi connectivity index (χ0n) is 12.1. The van der Waals surface area contributed by atoms with E-state index in [9.17, 15) is 13.2 Å². The van der Waals surface area contributed by atoms with Crippen LogP contribution in [0.4, 0.5) is 11.4 Å². The molecule has 116 valence electrons. The lowest BCUT2D eigenvalue weighted by Gasteiger charge is -2.15.